The molecule has 220 valence electrons. The van der Waals surface area contributed by atoms with Crippen molar-refractivity contribution >= 4 is 85.9 Å². The number of alkyl halides is 1. The highest BCUT2D eigenvalue weighted by atomic mass is 127. The summed E-state index contributed by atoms with van der Waals surface area (Å²) < 4.78 is 28.5. The van der Waals surface area contributed by atoms with Crippen molar-refractivity contribution < 1.29 is 22.5 Å². The summed E-state index contributed by atoms with van der Waals surface area (Å²) in [4.78, 5) is 28.7. The van der Waals surface area contributed by atoms with Crippen LogP contribution in [0.1, 0.15) is 55.4 Å². The molecule has 0 aliphatic carbocycles. The Kier molecular flexibility index (Phi) is 10.9. The molecular formula is C25H41I2N3O6SSi2. The van der Waals surface area contributed by atoms with Gasteiger partial charge in [-0.2, -0.15) is 4.98 Å². The van der Waals surface area contributed by atoms with Gasteiger partial charge in [0.1, 0.15) is 10.7 Å². The maximum Gasteiger partial charge on any atom is 0.351 e. The second-order valence-corrected chi connectivity index (χ2v) is 24.2. The number of fused-ring (bicyclic) bond motifs is 1. The van der Waals surface area contributed by atoms with Gasteiger partial charge >= 0.3 is 28.8 Å². The fourth-order valence-corrected chi connectivity index (χ4v) is 21.2. The van der Waals surface area contributed by atoms with Crippen molar-refractivity contribution in [2.75, 3.05) is 19.5 Å². The maximum absolute atomic E-state index is 13.3. The number of carbonyl (C=O) groups excluding carboxylic acids is 1. The number of rotatable bonds is 7. The fraction of sp³-hybridized carbons (Fsp3) is 0.720. The molecule has 2 N–H and O–H groups in total. The average Bonchev–Trinajstić information content (AvgIpc) is 3.09. The molecule has 0 radical (unpaired) electrons. The number of halogens is 2. The van der Waals surface area contributed by atoms with Gasteiger partial charge in [0, 0.05) is 12.3 Å². The number of nitrogens with zero attached hydrogens (tertiary/aromatic N) is 2. The van der Waals surface area contributed by atoms with Gasteiger partial charge in [-0.25, -0.2) is 9.59 Å². The van der Waals surface area contributed by atoms with E-state index in [2.05, 4.69) is 106 Å². The van der Waals surface area contributed by atoms with Gasteiger partial charge in [-0.1, -0.05) is 78.0 Å². The number of nitrogen functional groups attached to an aromatic ring is 1. The summed E-state index contributed by atoms with van der Waals surface area (Å²) in [6, 6.07) is 0. The smallest absolute Gasteiger partial charge is 0.351 e. The van der Waals surface area contributed by atoms with Gasteiger partial charge in [0.25, 0.3) is 0 Å². The number of anilines is 1. The number of thioether (sulfide) groups is 1. The van der Waals surface area contributed by atoms with Crippen LogP contribution in [-0.4, -0.2) is 61.6 Å². The topological polar surface area (TPSA) is 115 Å². The maximum atomic E-state index is 13.3. The van der Waals surface area contributed by atoms with E-state index < -0.39 is 33.7 Å². The Morgan fingerprint density at radius 1 is 1.18 bits per heavy atom. The molecule has 0 aromatic carbocycles. The van der Waals surface area contributed by atoms with Crippen molar-refractivity contribution in [3.8, 4) is 0 Å². The van der Waals surface area contributed by atoms with Crippen LogP contribution in [0.15, 0.2) is 23.1 Å². The van der Waals surface area contributed by atoms with Crippen LogP contribution in [0.5, 0.6) is 0 Å². The highest BCUT2D eigenvalue weighted by molar-refractivity contribution is 14.1. The van der Waals surface area contributed by atoms with Gasteiger partial charge in [-0.15, -0.1) is 11.8 Å². The number of ether oxygens (including phenoxy) is 1. The van der Waals surface area contributed by atoms with Gasteiger partial charge in [0.05, 0.1) is 32.6 Å². The van der Waals surface area contributed by atoms with Gasteiger partial charge in [0.2, 0.25) is 0 Å². The van der Waals surface area contributed by atoms with E-state index >= 15 is 0 Å². The summed E-state index contributed by atoms with van der Waals surface area (Å²) >= 11 is 6.01. The molecule has 1 aromatic rings. The Morgan fingerprint density at radius 3 is 2.26 bits per heavy atom. The minimum atomic E-state index is -2.88. The van der Waals surface area contributed by atoms with Crippen molar-refractivity contribution in [3.63, 3.8) is 0 Å². The zero-order valence-corrected chi connectivity index (χ0v) is 31.2. The van der Waals surface area contributed by atoms with Crippen molar-refractivity contribution in [2.45, 2.75) is 97.7 Å². The van der Waals surface area contributed by atoms with E-state index in [9.17, 15) is 9.59 Å². The lowest BCUT2D eigenvalue weighted by molar-refractivity contribution is -0.134. The average molecular weight is 822 g/mol. The normalized spacial score (nSPS) is 28.7. The van der Waals surface area contributed by atoms with E-state index in [1.807, 2.05) is 0 Å². The molecule has 2 fully saturated rings. The molecule has 2 aliphatic rings. The van der Waals surface area contributed by atoms with Gasteiger partial charge < -0.3 is 23.4 Å². The third-order valence-electron chi connectivity index (χ3n) is 7.67. The Hall–Kier alpha value is 0.0138. The quantitative estimate of drug-likeness (QED) is 0.122. The molecule has 3 rings (SSSR count). The van der Waals surface area contributed by atoms with E-state index in [-0.39, 0.29) is 43.3 Å². The Bertz CT molecular complexity index is 1140. The number of carbonyl (C=O) groups is 1. The van der Waals surface area contributed by atoms with Crippen LogP contribution in [0.25, 0.3) is 0 Å². The van der Waals surface area contributed by atoms with Gasteiger partial charge in [-0.3, -0.25) is 4.57 Å². The largest absolute Gasteiger partial charge is 0.466 e. The fourth-order valence-electron chi connectivity index (χ4n) is 5.55. The third-order valence-corrected chi connectivity index (χ3v) is 22.5. The lowest BCUT2D eigenvalue weighted by Crippen LogP contribution is -2.65. The molecule has 39 heavy (non-hydrogen) atoms. The van der Waals surface area contributed by atoms with Crippen LogP contribution >= 0.6 is 56.9 Å². The zero-order chi connectivity index (χ0) is 29.5. The zero-order valence-electron chi connectivity index (χ0n) is 24.1. The molecule has 9 nitrogen and oxygen atoms in total. The Labute approximate surface area is 265 Å². The van der Waals surface area contributed by atoms with Crippen molar-refractivity contribution in [3.05, 3.63) is 32.4 Å². The Morgan fingerprint density at radius 2 is 1.74 bits per heavy atom. The molecule has 2 aliphatic heterocycles. The first-order valence-corrected chi connectivity index (χ1v) is 20.4. The standard InChI is InChI=1S/C25H41I2N3O6SSi2/c1-14(2)38(15(3)4)34-13-19-21(35-39(36-38,16(5)6)17(7)8)22(27)25(37-19,11-10-20(31)33-9)30-12-18(26)23(28)29-24(30)32/h10-12,14-17,19,21-22H,13H2,1-9H3,(H2,28,29,32)/b11-10+/t19-,21-,22-,25-/m1/s1. The van der Waals surface area contributed by atoms with Crippen LogP contribution in [-0.2, 0) is 27.4 Å². The van der Waals surface area contributed by atoms with Crippen LogP contribution in [0.2, 0.25) is 22.2 Å². The molecule has 2 saturated heterocycles. The molecule has 3 heterocycles. The summed E-state index contributed by atoms with van der Waals surface area (Å²) in [5, 5.41) is -0.117. The lowest BCUT2D eigenvalue weighted by atomic mass is 10.1. The van der Waals surface area contributed by atoms with Crippen molar-refractivity contribution in [1.29, 1.82) is 0 Å². The second kappa shape index (κ2) is 12.7. The second-order valence-electron chi connectivity index (χ2n) is 11.4. The molecule has 4 atom stereocenters. The molecule has 0 unspecified atom stereocenters. The molecule has 0 bridgehead atoms. The molecule has 0 amide bonds. The minimum absolute atomic E-state index is 0.117. The Balaban J connectivity index is 2.27. The molecule has 14 heteroatoms. The van der Waals surface area contributed by atoms with E-state index in [1.165, 1.54) is 13.2 Å². The van der Waals surface area contributed by atoms with E-state index in [0.717, 1.165) is 0 Å². The summed E-state index contributed by atoms with van der Waals surface area (Å²) in [6.45, 7) is 17.9. The molecule has 0 spiro atoms. The number of methoxy groups -OCH3 is 1. The van der Waals surface area contributed by atoms with Gasteiger partial charge in [0.15, 0.2) is 0 Å². The van der Waals surface area contributed by atoms with E-state index in [4.69, 9.17) is 23.4 Å². The first-order chi connectivity index (χ1) is 18.1. The predicted octanol–water partition coefficient (Wildman–Crippen LogP) is 5.69. The van der Waals surface area contributed by atoms with Crippen molar-refractivity contribution in [1.82, 2.24) is 9.55 Å². The summed E-state index contributed by atoms with van der Waals surface area (Å²) in [6.07, 6.45) is 4.53. The minimum Gasteiger partial charge on any atom is -0.466 e. The highest BCUT2D eigenvalue weighted by Gasteiger charge is 2.64. The lowest BCUT2D eigenvalue weighted by Gasteiger charge is -2.51. The summed E-state index contributed by atoms with van der Waals surface area (Å²) in [5.41, 5.74) is 6.25. The number of aromatic nitrogens is 2. The molecular weight excluding hydrogens is 780 g/mol. The number of nitrogens with two attached hydrogens (primary N) is 1. The highest BCUT2D eigenvalue weighted by Crippen LogP contribution is 2.56. The number of hydrogen-bond acceptors (Lipinski definition) is 9. The molecule has 1 aromatic heterocycles. The summed E-state index contributed by atoms with van der Waals surface area (Å²) in [7, 11) is -4.27. The first kappa shape index (κ1) is 33.5. The monoisotopic (exact) mass is 821 g/mol. The number of hydrogen-bond donors (Lipinski definition) is 1. The molecule has 0 saturated carbocycles. The third kappa shape index (κ3) is 6.08. The van der Waals surface area contributed by atoms with Crippen molar-refractivity contribution in [2.24, 2.45) is 0 Å². The van der Waals surface area contributed by atoms with Crippen LogP contribution in [0, 0.1) is 3.57 Å². The SMILES string of the molecule is COC(=O)/C=C/[C@@]1(n2cc(I)c(N)nc2=O)S[C@@H]2CO[Si](C(C)C)(C(C)C)O[Si](C(C)C)(C(C)C)O[C@H]2[C@H]1I. The van der Waals surface area contributed by atoms with Crippen LogP contribution in [0.4, 0.5) is 5.82 Å². The number of esters is 1. The predicted molar refractivity (Wildman–Crippen MR) is 178 cm³/mol. The van der Waals surface area contributed by atoms with E-state index in [0.29, 0.717) is 10.2 Å². The van der Waals surface area contributed by atoms with Crippen LogP contribution in [0.3, 0.4) is 0 Å². The summed E-state index contributed by atoms with van der Waals surface area (Å²) in [5.74, 6) is -0.333. The van der Waals surface area contributed by atoms with Crippen LogP contribution < -0.4 is 11.4 Å². The van der Waals surface area contributed by atoms with E-state index in [1.54, 1.807) is 28.6 Å². The van der Waals surface area contributed by atoms with Gasteiger partial charge in [-0.05, 0) is 50.8 Å². The first-order valence-electron chi connectivity index (χ1n) is 13.2.